The third-order valence-corrected chi connectivity index (χ3v) is 2.21. The van der Waals surface area contributed by atoms with Crippen LogP contribution in [0, 0.1) is 5.82 Å². The number of hydrogen-bond donors (Lipinski definition) is 1. The molecule has 1 nitrogen and oxygen atoms in total. The molecule has 0 saturated heterocycles. The second kappa shape index (κ2) is 5.20. The molecule has 0 heterocycles. The maximum atomic E-state index is 12.5. The van der Waals surface area contributed by atoms with E-state index >= 15 is 0 Å². The van der Waals surface area contributed by atoms with Crippen LogP contribution in [-0.2, 0) is 0 Å². The van der Waals surface area contributed by atoms with Crippen LogP contribution in [-0.4, -0.2) is 5.88 Å². The summed E-state index contributed by atoms with van der Waals surface area (Å²) in [6.45, 7) is 0. The molecule has 0 amide bonds. The summed E-state index contributed by atoms with van der Waals surface area (Å²) >= 11 is 5.54. The highest BCUT2D eigenvalue weighted by Crippen LogP contribution is 2.16. The number of nitrogens with two attached hydrogens (primary N) is 1. The Morgan fingerprint density at radius 2 is 1.92 bits per heavy atom. The fourth-order valence-corrected chi connectivity index (χ4v) is 1.33. The van der Waals surface area contributed by atoms with Crippen molar-refractivity contribution in [2.45, 2.75) is 18.9 Å². The standard InChI is InChI=1S/C10H13ClFN/c11-7-1-2-10(13)8-3-5-9(12)6-4-8/h3-6,10H,1-2,7,13H2. The second-order valence-electron chi connectivity index (χ2n) is 2.99. The van der Waals surface area contributed by atoms with Gasteiger partial charge in [-0.05, 0) is 30.5 Å². The molecule has 0 aromatic heterocycles. The number of halogens is 2. The predicted octanol–water partition coefficient (Wildman–Crippen LogP) is 2.84. The van der Waals surface area contributed by atoms with Crippen molar-refractivity contribution in [1.82, 2.24) is 0 Å². The van der Waals surface area contributed by atoms with E-state index in [1.54, 1.807) is 12.1 Å². The van der Waals surface area contributed by atoms with Gasteiger partial charge in [-0.2, -0.15) is 0 Å². The lowest BCUT2D eigenvalue weighted by molar-refractivity contribution is 0.617. The first-order valence-electron chi connectivity index (χ1n) is 4.31. The zero-order valence-corrected chi connectivity index (χ0v) is 8.10. The van der Waals surface area contributed by atoms with Crippen LogP contribution in [0.3, 0.4) is 0 Å². The van der Waals surface area contributed by atoms with Crippen LogP contribution in [0.5, 0.6) is 0 Å². The number of rotatable bonds is 4. The van der Waals surface area contributed by atoms with Gasteiger partial charge in [0.2, 0.25) is 0 Å². The molecule has 0 spiro atoms. The first-order valence-corrected chi connectivity index (χ1v) is 4.84. The fraction of sp³-hybridized carbons (Fsp3) is 0.400. The third-order valence-electron chi connectivity index (χ3n) is 1.95. The van der Waals surface area contributed by atoms with E-state index in [0.29, 0.717) is 5.88 Å². The number of alkyl halides is 1. The molecule has 0 radical (unpaired) electrons. The molecule has 0 bridgehead atoms. The summed E-state index contributed by atoms with van der Waals surface area (Å²) in [4.78, 5) is 0. The molecule has 1 atom stereocenters. The molecular weight excluding hydrogens is 189 g/mol. The first-order chi connectivity index (χ1) is 6.24. The average molecular weight is 202 g/mol. The second-order valence-corrected chi connectivity index (χ2v) is 3.37. The van der Waals surface area contributed by atoms with E-state index in [1.807, 2.05) is 0 Å². The van der Waals surface area contributed by atoms with Gasteiger partial charge in [0.05, 0.1) is 0 Å². The lowest BCUT2D eigenvalue weighted by Crippen LogP contribution is -2.10. The Morgan fingerprint density at radius 3 is 2.46 bits per heavy atom. The van der Waals surface area contributed by atoms with E-state index in [2.05, 4.69) is 0 Å². The van der Waals surface area contributed by atoms with Gasteiger partial charge in [-0.3, -0.25) is 0 Å². The van der Waals surface area contributed by atoms with E-state index in [-0.39, 0.29) is 11.9 Å². The van der Waals surface area contributed by atoms with Crippen LogP contribution in [0.25, 0.3) is 0 Å². The van der Waals surface area contributed by atoms with Crippen LogP contribution >= 0.6 is 11.6 Å². The maximum Gasteiger partial charge on any atom is 0.123 e. The Balaban J connectivity index is 2.55. The Kier molecular flexibility index (Phi) is 4.19. The summed E-state index contributed by atoms with van der Waals surface area (Å²) in [6.07, 6.45) is 1.73. The Bertz CT molecular complexity index is 248. The van der Waals surface area contributed by atoms with Crippen molar-refractivity contribution < 1.29 is 4.39 Å². The first kappa shape index (κ1) is 10.5. The van der Waals surface area contributed by atoms with Crippen molar-refractivity contribution in [2.24, 2.45) is 5.73 Å². The molecule has 72 valence electrons. The summed E-state index contributed by atoms with van der Waals surface area (Å²) in [5.74, 6) is 0.392. The Hall–Kier alpha value is -0.600. The summed E-state index contributed by atoms with van der Waals surface area (Å²) in [5.41, 5.74) is 6.81. The van der Waals surface area contributed by atoms with E-state index in [4.69, 9.17) is 17.3 Å². The molecule has 1 unspecified atom stereocenters. The van der Waals surface area contributed by atoms with Crippen LogP contribution < -0.4 is 5.73 Å². The summed E-state index contributed by atoms with van der Waals surface area (Å²) in [5, 5.41) is 0. The topological polar surface area (TPSA) is 26.0 Å². The highest BCUT2D eigenvalue weighted by Gasteiger charge is 2.04. The van der Waals surface area contributed by atoms with Crippen LogP contribution in [0.15, 0.2) is 24.3 Å². The van der Waals surface area contributed by atoms with Crippen LogP contribution in [0.2, 0.25) is 0 Å². The summed E-state index contributed by atoms with van der Waals surface area (Å²) in [6, 6.07) is 6.26. The van der Waals surface area contributed by atoms with Gasteiger partial charge >= 0.3 is 0 Å². The predicted molar refractivity (Wildman–Crippen MR) is 53.3 cm³/mol. The molecule has 0 aliphatic carbocycles. The van der Waals surface area contributed by atoms with Gasteiger partial charge in [-0.25, -0.2) is 4.39 Å². The summed E-state index contributed by atoms with van der Waals surface area (Å²) in [7, 11) is 0. The van der Waals surface area contributed by atoms with Gasteiger partial charge < -0.3 is 5.73 Å². The molecule has 2 N–H and O–H groups in total. The van der Waals surface area contributed by atoms with Gasteiger partial charge in [0, 0.05) is 11.9 Å². The molecule has 0 aliphatic rings. The van der Waals surface area contributed by atoms with E-state index < -0.39 is 0 Å². The molecular formula is C10H13ClFN. The third kappa shape index (κ3) is 3.33. The molecule has 1 aromatic rings. The Morgan fingerprint density at radius 1 is 1.31 bits per heavy atom. The lowest BCUT2D eigenvalue weighted by Gasteiger charge is -2.10. The van der Waals surface area contributed by atoms with Crippen LogP contribution in [0.1, 0.15) is 24.4 Å². The highest BCUT2D eigenvalue weighted by molar-refractivity contribution is 6.17. The van der Waals surface area contributed by atoms with E-state index in [9.17, 15) is 4.39 Å². The van der Waals surface area contributed by atoms with Crippen molar-refractivity contribution in [1.29, 1.82) is 0 Å². The van der Waals surface area contributed by atoms with Crippen molar-refractivity contribution >= 4 is 11.6 Å². The van der Waals surface area contributed by atoms with Crippen molar-refractivity contribution in [3.8, 4) is 0 Å². The van der Waals surface area contributed by atoms with Crippen molar-refractivity contribution in [2.75, 3.05) is 5.88 Å². The largest absolute Gasteiger partial charge is 0.324 e. The molecule has 3 heteroatoms. The molecule has 0 fully saturated rings. The van der Waals surface area contributed by atoms with Crippen molar-refractivity contribution in [3.05, 3.63) is 35.6 Å². The average Bonchev–Trinajstić information content (AvgIpc) is 2.15. The smallest absolute Gasteiger partial charge is 0.123 e. The zero-order chi connectivity index (χ0) is 9.68. The molecule has 0 saturated carbocycles. The highest BCUT2D eigenvalue weighted by atomic mass is 35.5. The number of benzene rings is 1. The van der Waals surface area contributed by atoms with Gasteiger partial charge in [-0.1, -0.05) is 12.1 Å². The van der Waals surface area contributed by atoms with E-state index in [1.165, 1.54) is 12.1 Å². The normalized spacial score (nSPS) is 12.8. The molecule has 0 aliphatic heterocycles. The van der Waals surface area contributed by atoms with Gasteiger partial charge in [0.25, 0.3) is 0 Å². The Labute approximate surface area is 82.7 Å². The lowest BCUT2D eigenvalue weighted by atomic mass is 10.0. The number of hydrogen-bond acceptors (Lipinski definition) is 1. The zero-order valence-electron chi connectivity index (χ0n) is 7.34. The minimum Gasteiger partial charge on any atom is -0.324 e. The van der Waals surface area contributed by atoms with Crippen molar-refractivity contribution in [3.63, 3.8) is 0 Å². The minimum absolute atomic E-state index is 0.0284. The van der Waals surface area contributed by atoms with Gasteiger partial charge in [0.15, 0.2) is 0 Å². The molecule has 13 heavy (non-hydrogen) atoms. The summed E-state index contributed by atoms with van der Waals surface area (Å²) < 4.78 is 12.5. The minimum atomic E-state index is -0.228. The molecule has 1 rings (SSSR count). The van der Waals surface area contributed by atoms with E-state index in [0.717, 1.165) is 18.4 Å². The maximum absolute atomic E-state index is 12.5. The van der Waals surface area contributed by atoms with Crippen LogP contribution in [0.4, 0.5) is 4.39 Å². The van der Waals surface area contributed by atoms with Gasteiger partial charge in [0.1, 0.15) is 5.82 Å². The SMILES string of the molecule is NC(CCCCl)c1ccc(F)cc1. The quantitative estimate of drug-likeness (QED) is 0.745. The monoisotopic (exact) mass is 201 g/mol. The fourth-order valence-electron chi connectivity index (χ4n) is 1.17. The molecule has 1 aromatic carbocycles. The van der Waals surface area contributed by atoms with Gasteiger partial charge in [-0.15, -0.1) is 11.6 Å².